The number of ether oxygens (including phenoxy) is 2. The molecule has 11 nitrogen and oxygen atoms in total. The van der Waals surface area contributed by atoms with Gasteiger partial charge in [-0.05, 0) is 63.8 Å². The first-order chi connectivity index (χ1) is 20.0. The number of amides is 2. The molecule has 222 valence electrons. The second-order valence-electron chi connectivity index (χ2n) is 10.9. The van der Waals surface area contributed by atoms with Gasteiger partial charge in [-0.15, -0.1) is 5.10 Å². The van der Waals surface area contributed by atoms with Crippen LogP contribution in [0.5, 0.6) is 11.6 Å². The number of primary amides is 1. The number of carbonyl (C=O) groups excluding carboxylic acids is 2. The molecule has 1 fully saturated rings. The van der Waals surface area contributed by atoms with E-state index in [4.69, 9.17) is 15.2 Å². The van der Waals surface area contributed by atoms with Crippen LogP contribution >= 0.6 is 0 Å². The summed E-state index contributed by atoms with van der Waals surface area (Å²) in [6, 6.07) is 13.5. The van der Waals surface area contributed by atoms with Crippen LogP contribution in [0.2, 0.25) is 0 Å². The Labute approximate surface area is 240 Å². The fourth-order valence-electron chi connectivity index (χ4n) is 4.85. The van der Waals surface area contributed by atoms with Crippen molar-refractivity contribution >= 4 is 22.7 Å². The first-order valence-corrected chi connectivity index (χ1v) is 13.6. The van der Waals surface area contributed by atoms with Gasteiger partial charge >= 0.3 is 6.55 Å². The van der Waals surface area contributed by atoms with Crippen molar-refractivity contribution in [1.29, 1.82) is 0 Å². The molecule has 2 heterocycles. The zero-order valence-electron chi connectivity index (χ0n) is 23.2. The topological polar surface area (TPSA) is 147 Å². The van der Waals surface area contributed by atoms with E-state index in [1.807, 2.05) is 30.3 Å². The van der Waals surface area contributed by atoms with Crippen LogP contribution in [0.3, 0.4) is 0 Å². The van der Waals surface area contributed by atoms with Gasteiger partial charge in [0.15, 0.2) is 5.69 Å². The number of hydrogen-bond acceptors (Lipinski definition) is 7. The molecule has 4 aromatic rings. The molecule has 1 aliphatic carbocycles. The predicted molar refractivity (Wildman–Crippen MR) is 149 cm³/mol. The van der Waals surface area contributed by atoms with Gasteiger partial charge in [0.1, 0.15) is 24.0 Å². The smallest absolute Gasteiger partial charge is 0.333 e. The van der Waals surface area contributed by atoms with Crippen LogP contribution in [0.25, 0.3) is 16.6 Å². The summed E-state index contributed by atoms with van der Waals surface area (Å²) in [5, 5.41) is 21.4. The minimum atomic E-state index is -2.97. The standard InChI is InChI=1S/C29H32F2N6O5/c1-29(2,40)16-41-20-12-13-21-23(14-20)37(28(30)31)34-24(21)26(39)33-17-8-10-19(11-9-17)42-27-22(25(32)38)15-36(35-27)18-6-4-3-5-7-18/h3-7,12-15,17,19,28,40H,8-11,16H2,1-2H3,(H2,32,38)(H,33,39). The molecule has 0 unspecified atom stereocenters. The number of aliphatic hydroxyl groups is 1. The van der Waals surface area contributed by atoms with E-state index in [0.29, 0.717) is 30.4 Å². The minimum Gasteiger partial charge on any atom is -0.491 e. The predicted octanol–water partition coefficient (Wildman–Crippen LogP) is 3.99. The maximum Gasteiger partial charge on any atom is 0.333 e. The Morgan fingerprint density at radius 1 is 1.12 bits per heavy atom. The number of nitrogens with zero attached hydrogens (tertiary/aromatic N) is 4. The number of rotatable bonds is 10. The van der Waals surface area contributed by atoms with Crippen molar-refractivity contribution in [2.45, 2.75) is 63.8 Å². The van der Waals surface area contributed by atoms with Crippen LogP contribution < -0.4 is 20.5 Å². The first-order valence-electron chi connectivity index (χ1n) is 13.6. The van der Waals surface area contributed by atoms with E-state index in [1.54, 1.807) is 19.9 Å². The van der Waals surface area contributed by atoms with Crippen molar-refractivity contribution in [1.82, 2.24) is 24.9 Å². The third-order valence-electron chi connectivity index (χ3n) is 6.93. The molecular formula is C29H32F2N6O5. The molecule has 0 bridgehead atoms. The van der Waals surface area contributed by atoms with E-state index in [2.05, 4.69) is 15.5 Å². The van der Waals surface area contributed by atoms with Gasteiger partial charge in [-0.3, -0.25) is 9.59 Å². The van der Waals surface area contributed by atoms with Crippen molar-refractivity contribution < 1.29 is 33.0 Å². The van der Waals surface area contributed by atoms with Gasteiger partial charge in [0.25, 0.3) is 11.8 Å². The maximum absolute atomic E-state index is 13.8. The molecule has 2 aromatic heterocycles. The normalized spacial score (nSPS) is 17.4. The Morgan fingerprint density at radius 2 is 1.83 bits per heavy atom. The SMILES string of the molecule is CC(C)(O)COc1ccc2c(C(=O)NC3CCC(Oc4nn(-c5ccccc5)cc4C(N)=O)CC3)nn(C(F)F)c2c1. The highest BCUT2D eigenvalue weighted by molar-refractivity contribution is 6.05. The number of carbonyl (C=O) groups is 2. The number of nitrogens with two attached hydrogens (primary N) is 1. The number of fused-ring (bicyclic) bond motifs is 1. The quantitative estimate of drug-likeness (QED) is 0.256. The lowest BCUT2D eigenvalue weighted by molar-refractivity contribution is 0.0284. The number of alkyl halides is 2. The van der Waals surface area contributed by atoms with Crippen molar-refractivity contribution in [2.24, 2.45) is 5.73 Å². The van der Waals surface area contributed by atoms with E-state index in [9.17, 15) is 23.5 Å². The van der Waals surface area contributed by atoms with Gasteiger partial charge in [0, 0.05) is 23.7 Å². The summed E-state index contributed by atoms with van der Waals surface area (Å²) in [6.45, 7) is 0.116. The van der Waals surface area contributed by atoms with Crippen LogP contribution in [0, 0.1) is 0 Å². The summed E-state index contributed by atoms with van der Waals surface area (Å²) in [6.07, 6.45) is 3.53. The molecule has 1 aliphatic rings. The van der Waals surface area contributed by atoms with E-state index >= 15 is 0 Å². The van der Waals surface area contributed by atoms with Gasteiger partial charge in [0.05, 0.1) is 16.8 Å². The summed E-state index contributed by atoms with van der Waals surface area (Å²) in [5.41, 5.74) is 5.29. The maximum atomic E-state index is 13.8. The van der Waals surface area contributed by atoms with E-state index in [-0.39, 0.29) is 52.5 Å². The van der Waals surface area contributed by atoms with E-state index in [0.717, 1.165) is 5.69 Å². The summed E-state index contributed by atoms with van der Waals surface area (Å²) in [4.78, 5) is 25.2. The lowest BCUT2D eigenvalue weighted by Gasteiger charge is -2.28. The fourth-order valence-corrected chi connectivity index (χ4v) is 4.85. The van der Waals surface area contributed by atoms with Gasteiger partial charge in [-0.25, -0.2) is 9.36 Å². The summed E-state index contributed by atoms with van der Waals surface area (Å²) >= 11 is 0. The van der Waals surface area contributed by atoms with Gasteiger partial charge in [0.2, 0.25) is 5.88 Å². The number of benzene rings is 2. The van der Waals surface area contributed by atoms with Crippen molar-refractivity contribution in [3.8, 4) is 17.3 Å². The lowest BCUT2D eigenvalue weighted by Crippen LogP contribution is -2.40. The molecule has 4 N–H and O–H groups in total. The lowest BCUT2D eigenvalue weighted by atomic mass is 9.92. The summed E-state index contributed by atoms with van der Waals surface area (Å²) < 4.78 is 41.1. The average Bonchev–Trinajstić information content (AvgIpc) is 3.55. The first kappa shape index (κ1) is 29.0. The van der Waals surface area contributed by atoms with Crippen molar-refractivity contribution in [3.05, 3.63) is 66.0 Å². The molecule has 2 amide bonds. The molecule has 0 atom stereocenters. The molecule has 0 radical (unpaired) electrons. The highest BCUT2D eigenvalue weighted by Crippen LogP contribution is 2.29. The molecule has 2 aromatic carbocycles. The number of aromatic nitrogens is 4. The molecule has 42 heavy (non-hydrogen) atoms. The molecule has 0 saturated heterocycles. The molecular weight excluding hydrogens is 550 g/mol. The number of para-hydroxylation sites is 1. The van der Waals surface area contributed by atoms with Gasteiger partial charge in [-0.2, -0.15) is 13.9 Å². The van der Waals surface area contributed by atoms with Crippen LogP contribution in [-0.4, -0.2) is 60.8 Å². The van der Waals surface area contributed by atoms with Crippen LogP contribution in [-0.2, 0) is 0 Å². The largest absolute Gasteiger partial charge is 0.491 e. The number of hydrogen-bond donors (Lipinski definition) is 3. The summed E-state index contributed by atoms with van der Waals surface area (Å²) in [5.74, 6) is -0.801. The molecule has 1 saturated carbocycles. The summed E-state index contributed by atoms with van der Waals surface area (Å²) in [7, 11) is 0. The Bertz CT molecular complexity index is 1570. The Balaban J connectivity index is 1.24. The van der Waals surface area contributed by atoms with Crippen LogP contribution in [0.4, 0.5) is 8.78 Å². The van der Waals surface area contributed by atoms with Crippen LogP contribution in [0.15, 0.2) is 54.7 Å². The highest BCUT2D eigenvalue weighted by atomic mass is 19.3. The van der Waals surface area contributed by atoms with E-state index < -0.39 is 24.0 Å². The van der Waals surface area contributed by atoms with Gasteiger partial charge < -0.3 is 25.6 Å². The average molecular weight is 583 g/mol. The monoisotopic (exact) mass is 582 g/mol. The molecule has 0 aliphatic heterocycles. The zero-order valence-corrected chi connectivity index (χ0v) is 23.2. The Hall–Kier alpha value is -4.52. The second kappa shape index (κ2) is 11.8. The van der Waals surface area contributed by atoms with Crippen molar-refractivity contribution in [2.75, 3.05) is 6.61 Å². The molecule has 0 spiro atoms. The van der Waals surface area contributed by atoms with Gasteiger partial charge in [-0.1, -0.05) is 18.2 Å². The Kier molecular flexibility index (Phi) is 8.12. The number of nitrogens with one attached hydrogen (secondary N) is 1. The zero-order chi connectivity index (χ0) is 30.0. The molecule has 5 rings (SSSR count). The van der Waals surface area contributed by atoms with Crippen LogP contribution in [0.1, 0.15) is 66.9 Å². The molecule has 13 heteroatoms. The second-order valence-corrected chi connectivity index (χ2v) is 10.9. The highest BCUT2D eigenvalue weighted by Gasteiger charge is 2.29. The number of halogens is 2. The minimum absolute atomic E-state index is 0.0419. The van der Waals surface area contributed by atoms with E-state index in [1.165, 1.54) is 23.0 Å². The third kappa shape index (κ3) is 6.51. The third-order valence-corrected chi connectivity index (χ3v) is 6.93. The van der Waals surface area contributed by atoms with Crippen molar-refractivity contribution in [3.63, 3.8) is 0 Å². The Morgan fingerprint density at radius 3 is 2.48 bits per heavy atom. The fraction of sp³-hybridized carbons (Fsp3) is 0.379.